The van der Waals surface area contributed by atoms with E-state index >= 15 is 0 Å². The third-order valence-corrected chi connectivity index (χ3v) is 3.07. The van der Waals surface area contributed by atoms with Crippen molar-refractivity contribution < 1.29 is 14.6 Å². The highest BCUT2D eigenvalue weighted by Crippen LogP contribution is 2.25. The van der Waals surface area contributed by atoms with Gasteiger partial charge in [0, 0.05) is 5.39 Å². The summed E-state index contributed by atoms with van der Waals surface area (Å²) in [5.41, 5.74) is 0.169. The number of ether oxygens (including phenoxy) is 1. The number of esters is 1. The fourth-order valence-electron chi connectivity index (χ4n) is 1.59. The minimum Gasteiger partial charge on any atom is -0.422 e. The zero-order valence-electron chi connectivity index (χ0n) is 9.47. The molecule has 2 aromatic carbocycles. The van der Waals surface area contributed by atoms with Gasteiger partial charge in [0.1, 0.15) is 5.75 Å². The van der Waals surface area contributed by atoms with Gasteiger partial charge in [-0.15, -0.1) is 0 Å². The zero-order chi connectivity index (χ0) is 13.0. The summed E-state index contributed by atoms with van der Waals surface area (Å²) in [4.78, 5) is 13.1. The van der Waals surface area contributed by atoms with Crippen LogP contribution in [0.5, 0.6) is 5.75 Å². The molecule has 3 nitrogen and oxygen atoms in total. The van der Waals surface area contributed by atoms with E-state index in [4.69, 9.17) is 9.84 Å². The molecule has 0 fully saturated rings. The lowest BCUT2D eigenvalue weighted by Gasteiger charge is -2.08. The van der Waals surface area contributed by atoms with E-state index < -0.39 is 5.97 Å². The first-order chi connectivity index (χ1) is 8.76. The lowest BCUT2D eigenvalue weighted by Crippen LogP contribution is -2.13. The molecule has 2 rings (SSSR count). The number of carbonyl (C=O) groups is 1. The fourth-order valence-corrected chi connectivity index (χ4v) is 1.93. The Balaban J connectivity index is 2.35. The second-order valence-electron chi connectivity index (χ2n) is 3.66. The molecular weight excluding hydrogens is 296 g/mol. The molecule has 0 unspecified atom stereocenters. The van der Waals surface area contributed by atoms with E-state index in [1.807, 2.05) is 36.4 Å². The number of rotatable bonds is 3. The average Bonchev–Trinajstić information content (AvgIpc) is 2.40. The van der Waals surface area contributed by atoms with Crippen LogP contribution in [-0.4, -0.2) is 17.7 Å². The molecule has 4 heteroatoms. The van der Waals surface area contributed by atoms with E-state index in [1.54, 1.807) is 6.07 Å². The summed E-state index contributed by atoms with van der Waals surface area (Å²) in [6.07, 6.45) is 0. The Labute approximate surface area is 113 Å². The molecule has 0 heterocycles. The van der Waals surface area contributed by atoms with Gasteiger partial charge in [-0.2, -0.15) is 0 Å². The van der Waals surface area contributed by atoms with Gasteiger partial charge in [0.05, 0.1) is 12.2 Å². The Morgan fingerprint density at radius 1 is 1.22 bits per heavy atom. The summed E-state index contributed by atoms with van der Waals surface area (Å²) in [5.74, 6) is -0.0795. The van der Waals surface area contributed by atoms with E-state index in [9.17, 15) is 4.79 Å². The fraction of sp³-hybridized carbons (Fsp3) is 0.0714. The van der Waals surface area contributed by atoms with Gasteiger partial charge >= 0.3 is 5.97 Å². The van der Waals surface area contributed by atoms with Gasteiger partial charge in [-0.3, -0.25) is 0 Å². The average molecular weight is 307 g/mol. The van der Waals surface area contributed by atoms with Crippen LogP contribution in [0.1, 0.15) is 0 Å². The topological polar surface area (TPSA) is 46.5 Å². The monoisotopic (exact) mass is 306 g/mol. The standard InChI is InChI=1S/C14H11BrO3/c15-8-11(9-16)14(17)18-13-7-3-5-10-4-1-2-6-12(10)13/h1-8,16H,9H2/b11-8+. The van der Waals surface area contributed by atoms with Gasteiger partial charge < -0.3 is 9.84 Å². The lowest BCUT2D eigenvalue weighted by molar-refractivity contribution is -0.130. The number of hydrogen-bond acceptors (Lipinski definition) is 3. The molecule has 1 N–H and O–H groups in total. The number of aliphatic hydroxyl groups excluding tert-OH is 1. The van der Waals surface area contributed by atoms with E-state index in [2.05, 4.69) is 15.9 Å². The molecule has 0 saturated carbocycles. The Kier molecular flexibility index (Phi) is 4.12. The predicted molar refractivity (Wildman–Crippen MR) is 73.7 cm³/mol. The van der Waals surface area contributed by atoms with Crippen LogP contribution in [0.4, 0.5) is 0 Å². The molecule has 0 aliphatic rings. The van der Waals surface area contributed by atoms with Crippen molar-refractivity contribution in [1.82, 2.24) is 0 Å². The molecule has 0 saturated heterocycles. The number of aliphatic hydroxyl groups is 1. The lowest BCUT2D eigenvalue weighted by atomic mass is 10.1. The molecule has 0 aromatic heterocycles. The zero-order valence-corrected chi connectivity index (χ0v) is 11.1. The highest BCUT2D eigenvalue weighted by atomic mass is 79.9. The number of fused-ring (bicyclic) bond motifs is 1. The first-order valence-electron chi connectivity index (χ1n) is 5.36. The molecular formula is C14H11BrO3. The maximum Gasteiger partial charge on any atom is 0.342 e. The first kappa shape index (κ1) is 12.8. The molecule has 18 heavy (non-hydrogen) atoms. The molecule has 92 valence electrons. The van der Waals surface area contributed by atoms with Crippen LogP contribution in [0.3, 0.4) is 0 Å². The Hall–Kier alpha value is -1.65. The maximum absolute atomic E-state index is 11.7. The van der Waals surface area contributed by atoms with E-state index in [0.29, 0.717) is 5.75 Å². The molecule has 2 aromatic rings. The van der Waals surface area contributed by atoms with Crippen LogP contribution in [0.15, 0.2) is 53.0 Å². The van der Waals surface area contributed by atoms with E-state index in [-0.39, 0.29) is 12.2 Å². The van der Waals surface area contributed by atoms with Crippen molar-refractivity contribution in [3.05, 3.63) is 53.0 Å². The Morgan fingerprint density at radius 2 is 1.94 bits per heavy atom. The normalized spacial score (nSPS) is 11.6. The molecule has 0 spiro atoms. The quantitative estimate of drug-likeness (QED) is 0.539. The summed E-state index contributed by atoms with van der Waals surface area (Å²) < 4.78 is 5.27. The minimum atomic E-state index is -0.564. The second kappa shape index (κ2) is 5.80. The van der Waals surface area contributed by atoms with E-state index in [1.165, 1.54) is 4.99 Å². The van der Waals surface area contributed by atoms with Crippen LogP contribution in [0.2, 0.25) is 0 Å². The number of carbonyl (C=O) groups excluding carboxylic acids is 1. The van der Waals surface area contributed by atoms with Gasteiger partial charge in [-0.1, -0.05) is 52.3 Å². The van der Waals surface area contributed by atoms with Crippen LogP contribution in [-0.2, 0) is 4.79 Å². The maximum atomic E-state index is 11.7. The van der Waals surface area contributed by atoms with Crippen LogP contribution in [0, 0.1) is 0 Å². The van der Waals surface area contributed by atoms with Crippen molar-refractivity contribution in [1.29, 1.82) is 0 Å². The summed E-state index contributed by atoms with van der Waals surface area (Å²) >= 11 is 3.02. The number of halogens is 1. The second-order valence-corrected chi connectivity index (χ2v) is 4.12. The van der Waals surface area contributed by atoms with E-state index in [0.717, 1.165) is 10.8 Å². The van der Waals surface area contributed by atoms with Gasteiger partial charge in [0.15, 0.2) is 0 Å². The van der Waals surface area contributed by atoms with Crippen molar-refractivity contribution in [2.24, 2.45) is 0 Å². The van der Waals surface area contributed by atoms with Crippen LogP contribution in [0.25, 0.3) is 10.8 Å². The molecule has 0 aliphatic heterocycles. The summed E-state index contributed by atoms with van der Waals surface area (Å²) in [6, 6.07) is 13.1. The Morgan fingerprint density at radius 3 is 2.67 bits per heavy atom. The molecule has 0 radical (unpaired) electrons. The molecule has 0 bridgehead atoms. The SMILES string of the molecule is O=C(Oc1cccc2ccccc12)/C(=C/Br)CO. The highest BCUT2D eigenvalue weighted by Gasteiger charge is 2.12. The van der Waals surface area contributed by atoms with Crippen molar-refractivity contribution in [2.45, 2.75) is 0 Å². The van der Waals surface area contributed by atoms with Gasteiger partial charge in [-0.05, 0) is 16.4 Å². The highest BCUT2D eigenvalue weighted by molar-refractivity contribution is 9.11. The van der Waals surface area contributed by atoms with Crippen molar-refractivity contribution in [3.63, 3.8) is 0 Å². The number of hydrogen-bond donors (Lipinski definition) is 1. The third kappa shape index (κ3) is 2.60. The largest absolute Gasteiger partial charge is 0.422 e. The molecule has 0 aliphatic carbocycles. The van der Waals surface area contributed by atoms with Crippen molar-refractivity contribution in [3.8, 4) is 5.75 Å². The van der Waals surface area contributed by atoms with Gasteiger partial charge in [-0.25, -0.2) is 4.79 Å². The first-order valence-corrected chi connectivity index (χ1v) is 6.28. The molecule has 0 amide bonds. The summed E-state index contributed by atoms with van der Waals surface area (Å²) in [7, 11) is 0. The number of benzene rings is 2. The van der Waals surface area contributed by atoms with Crippen molar-refractivity contribution >= 4 is 32.7 Å². The predicted octanol–water partition coefficient (Wildman–Crippen LogP) is 3.02. The van der Waals surface area contributed by atoms with Gasteiger partial charge in [0.25, 0.3) is 0 Å². The van der Waals surface area contributed by atoms with Crippen molar-refractivity contribution in [2.75, 3.05) is 6.61 Å². The molecule has 0 atom stereocenters. The van der Waals surface area contributed by atoms with Crippen LogP contribution < -0.4 is 4.74 Å². The smallest absolute Gasteiger partial charge is 0.342 e. The summed E-state index contributed by atoms with van der Waals surface area (Å²) in [5, 5.41) is 10.8. The summed E-state index contributed by atoms with van der Waals surface area (Å²) in [6.45, 7) is -0.366. The van der Waals surface area contributed by atoms with Gasteiger partial charge in [0.2, 0.25) is 0 Å². The minimum absolute atomic E-state index is 0.169. The Bertz CT molecular complexity index is 600. The van der Waals surface area contributed by atoms with Crippen LogP contribution >= 0.6 is 15.9 Å². The third-order valence-electron chi connectivity index (χ3n) is 2.52.